The van der Waals surface area contributed by atoms with Crippen molar-refractivity contribution in [3.63, 3.8) is 0 Å². The van der Waals surface area contributed by atoms with Gasteiger partial charge in [0.15, 0.2) is 0 Å². The molecular formula is C17H13FN2O. The summed E-state index contributed by atoms with van der Waals surface area (Å²) in [7, 11) is 1.60. The number of fused-ring (bicyclic) bond motifs is 1. The molecule has 0 aliphatic carbocycles. The van der Waals surface area contributed by atoms with Gasteiger partial charge in [0.05, 0.1) is 5.52 Å². The molecule has 2 aromatic carbocycles. The van der Waals surface area contributed by atoms with Crippen molar-refractivity contribution in [2.24, 2.45) is 0 Å². The summed E-state index contributed by atoms with van der Waals surface area (Å²) in [6.45, 7) is 0. The number of rotatable bonds is 2. The first-order chi connectivity index (χ1) is 10.2. The minimum atomic E-state index is -0.302. The average Bonchev–Trinajstić information content (AvgIpc) is 2.53. The first kappa shape index (κ1) is 13.2. The van der Waals surface area contributed by atoms with Crippen LogP contribution in [0.15, 0.2) is 54.7 Å². The molecule has 0 radical (unpaired) electrons. The Hall–Kier alpha value is -2.75. The van der Waals surface area contributed by atoms with Gasteiger partial charge in [-0.1, -0.05) is 12.1 Å². The van der Waals surface area contributed by atoms with Gasteiger partial charge >= 0.3 is 0 Å². The zero-order valence-corrected chi connectivity index (χ0v) is 11.4. The Kier molecular flexibility index (Phi) is 3.36. The number of amides is 1. The average molecular weight is 280 g/mol. The smallest absolute Gasteiger partial charge is 0.251 e. The molecule has 0 saturated heterocycles. The summed E-state index contributed by atoms with van der Waals surface area (Å²) in [4.78, 5) is 16.0. The Labute approximate surface area is 121 Å². The highest BCUT2D eigenvalue weighted by atomic mass is 19.1. The van der Waals surface area contributed by atoms with Crippen molar-refractivity contribution in [2.45, 2.75) is 0 Å². The van der Waals surface area contributed by atoms with Crippen molar-refractivity contribution in [3.05, 3.63) is 66.1 Å². The highest BCUT2D eigenvalue weighted by Gasteiger charge is 2.06. The second kappa shape index (κ2) is 5.32. The minimum Gasteiger partial charge on any atom is -0.355 e. The molecule has 0 bridgehead atoms. The number of aromatic nitrogens is 1. The van der Waals surface area contributed by atoms with Crippen LogP contribution < -0.4 is 5.32 Å². The van der Waals surface area contributed by atoms with E-state index in [-0.39, 0.29) is 11.7 Å². The lowest BCUT2D eigenvalue weighted by atomic mass is 10.0. The van der Waals surface area contributed by atoms with Crippen molar-refractivity contribution >= 4 is 16.8 Å². The molecule has 0 aliphatic heterocycles. The molecule has 0 atom stereocenters. The van der Waals surface area contributed by atoms with Gasteiger partial charge in [0.2, 0.25) is 0 Å². The highest BCUT2D eigenvalue weighted by Crippen LogP contribution is 2.24. The van der Waals surface area contributed by atoms with Crippen molar-refractivity contribution < 1.29 is 9.18 Å². The van der Waals surface area contributed by atoms with E-state index in [1.807, 2.05) is 24.3 Å². The van der Waals surface area contributed by atoms with Gasteiger partial charge < -0.3 is 5.32 Å². The molecule has 0 fully saturated rings. The van der Waals surface area contributed by atoms with E-state index in [9.17, 15) is 9.18 Å². The van der Waals surface area contributed by atoms with Gasteiger partial charge in [-0.05, 0) is 35.9 Å². The van der Waals surface area contributed by atoms with Crippen LogP contribution in [0.3, 0.4) is 0 Å². The fraction of sp³-hybridized carbons (Fsp3) is 0.0588. The summed E-state index contributed by atoms with van der Waals surface area (Å²) >= 11 is 0. The predicted octanol–water partition coefficient (Wildman–Crippen LogP) is 3.40. The summed E-state index contributed by atoms with van der Waals surface area (Å²) < 4.78 is 13.2. The SMILES string of the molecule is CNC(=O)c1cccc(-c2cnc3cc(F)ccc3c2)c1. The summed E-state index contributed by atoms with van der Waals surface area (Å²) in [5.41, 5.74) is 2.99. The van der Waals surface area contributed by atoms with Gasteiger partial charge in [-0.15, -0.1) is 0 Å². The normalized spacial score (nSPS) is 10.6. The van der Waals surface area contributed by atoms with E-state index in [4.69, 9.17) is 0 Å². The largest absolute Gasteiger partial charge is 0.355 e. The van der Waals surface area contributed by atoms with E-state index in [0.29, 0.717) is 11.1 Å². The number of benzene rings is 2. The number of carbonyl (C=O) groups excluding carboxylic acids is 1. The van der Waals surface area contributed by atoms with E-state index in [2.05, 4.69) is 10.3 Å². The summed E-state index contributed by atoms with van der Waals surface area (Å²) in [5.74, 6) is -0.433. The highest BCUT2D eigenvalue weighted by molar-refractivity contribution is 5.95. The maximum absolute atomic E-state index is 13.2. The Morgan fingerprint density at radius 1 is 1.10 bits per heavy atom. The molecule has 1 N–H and O–H groups in total. The Morgan fingerprint density at radius 2 is 1.95 bits per heavy atom. The van der Waals surface area contributed by atoms with Crippen molar-refractivity contribution in [1.82, 2.24) is 10.3 Å². The second-order valence-corrected chi connectivity index (χ2v) is 4.72. The molecule has 21 heavy (non-hydrogen) atoms. The first-order valence-corrected chi connectivity index (χ1v) is 6.55. The molecule has 0 unspecified atom stereocenters. The van der Waals surface area contributed by atoms with Crippen LogP contribution in [0.25, 0.3) is 22.0 Å². The molecule has 0 spiro atoms. The third kappa shape index (κ3) is 2.60. The molecule has 104 valence electrons. The van der Waals surface area contributed by atoms with Crippen LogP contribution >= 0.6 is 0 Å². The number of nitrogens with one attached hydrogen (secondary N) is 1. The molecule has 3 nitrogen and oxygen atoms in total. The zero-order valence-electron chi connectivity index (χ0n) is 11.4. The number of hydrogen-bond donors (Lipinski definition) is 1. The van der Waals surface area contributed by atoms with Gasteiger partial charge in [-0.3, -0.25) is 9.78 Å². The van der Waals surface area contributed by atoms with Crippen LogP contribution in [0.2, 0.25) is 0 Å². The lowest BCUT2D eigenvalue weighted by molar-refractivity contribution is 0.0963. The first-order valence-electron chi connectivity index (χ1n) is 6.55. The van der Waals surface area contributed by atoms with Crippen molar-refractivity contribution in [1.29, 1.82) is 0 Å². The number of pyridine rings is 1. The van der Waals surface area contributed by atoms with Crippen molar-refractivity contribution in [2.75, 3.05) is 7.05 Å². The second-order valence-electron chi connectivity index (χ2n) is 4.72. The van der Waals surface area contributed by atoms with Gasteiger partial charge in [0, 0.05) is 35.8 Å². The maximum Gasteiger partial charge on any atom is 0.251 e. The molecule has 4 heteroatoms. The molecule has 1 heterocycles. The van der Waals surface area contributed by atoms with E-state index >= 15 is 0 Å². The molecular weight excluding hydrogens is 267 g/mol. The topological polar surface area (TPSA) is 42.0 Å². The fourth-order valence-corrected chi connectivity index (χ4v) is 2.24. The van der Waals surface area contributed by atoms with Gasteiger partial charge in [-0.25, -0.2) is 4.39 Å². The summed E-state index contributed by atoms with van der Waals surface area (Å²) in [6.07, 6.45) is 1.69. The van der Waals surface area contributed by atoms with E-state index in [0.717, 1.165) is 16.5 Å². The molecule has 1 aromatic heterocycles. The predicted molar refractivity (Wildman–Crippen MR) is 80.5 cm³/mol. The standard InChI is InChI=1S/C17H13FN2O/c1-19-17(21)13-4-2-3-11(7-13)14-8-12-5-6-15(18)9-16(12)20-10-14/h2-10H,1H3,(H,19,21). The van der Waals surface area contributed by atoms with Gasteiger partial charge in [-0.2, -0.15) is 0 Å². The van der Waals surface area contributed by atoms with Crippen molar-refractivity contribution in [3.8, 4) is 11.1 Å². The maximum atomic E-state index is 13.2. The molecule has 1 amide bonds. The molecule has 3 rings (SSSR count). The van der Waals surface area contributed by atoms with Gasteiger partial charge in [0.1, 0.15) is 5.82 Å². The number of nitrogens with zero attached hydrogens (tertiary/aromatic N) is 1. The monoisotopic (exact) mass is 280 g/mol. The fourth-order valence-electron chi connectivity index (χ4n) is 2.24. The Morgan fingerprint density at radius 3 is 2.76 bits per heavy atom. The number of hydrogen-bond acceptors (Lipinski definition) is 2. The summed E-state index contributed by atoms with van der Waals surface area (Å²) in [6, 6.07) is 13.8. The lowest BCUT2D eigenvalue weighted by Gasteiger charge is -2.06. The van der Waals surface area contributed by atoms with E-state index in [1.54, 1.807) is 25.4 Å². The van der Waals surface area contributed by atoms with E-state index in [1.165, 1.54) is 12.1 Å². The van der Waals surface area contributed by atoms with Crippen LogP contribution in [-0.2, 0) is 0 Å². The third-order valence-corrected chi connectivity index (χ3v) is 3.33. The van der Waals surface area contributed by atoms with Crippen LogP contribution in [0.1, 0.15) is 10.4 Å². The minimum absolute atomic E-state index is 0.132. The van der Waals surface area contributed by atoms with Crippen LogP contribution in [0, 0.1) is 5.82 Å². The lowest BCUT2D eigenvalue weighted by Crippen LogP contribution is -2.17. The zero-order chi connectivity index (χ0) is 14.8. The van der Waals surface area contributed by atoms with Gasteiger partial charge in [0.25, 0.3) is 5.91 Å². The summed E-state index contributed by atoms with van der Waals surface area (Å²) in [5, 5.41) is 3.46. The van der Waals surface area contributed by atoms with Crippen LogP contribution in [-0.4, -0.2) is 17.9 Å². The van der Waals surface area contributed by atoms with Crippen LogP contribution in [0.4, 0.5) is 4.39 Å². The van der Waals surface area contributed by atoms with E-state index < -0.39 is 0 Å². The number of halogens is 1. The Bertz CT molecular complexity index is 830. The molecule has 0 saturated carbocycles. The number of carbonyl (C=O) groups is 1. The molecule has 0 aliphatic rings. The molecule has 3 aromatic rings. The third-order valence-electron chi connectivity index (χ3n) is 3.33. The Balaban J connectivity index is 2.08. The van der Waals surface area contributed by atoms with Crippen LogP contribution in [0.5, 0.6) is 0 Å². The quantitative estimate of drug-likeness (QED) is 0.781.